The van der Waals surface area contributed by atoms with Crippen LogP contribution in [-0.2, 0) is 0 Å². The van der Waals surface area contributed by atoms with Crippen LogP contribution in [-0.4, -0.2) is 18.9 Å². The number of hydrogen-bond acceptors (Lipinski definition) is 2. The minimum Gasteiger partial charge on any atom is -0.317 e. The Balaban J connectivity index is 1.73. The monoisotopic (exact) mass is 329 g/mol. The summed E-state index contributed by atoms with van der Waals surface area (Å²) in [5.74, 6) is 0.607. The highest BCUT2D eigenvalue weighted by Gasteiger charge is 2.31. The summed E-state index contributed by atoms with van der Waals surface area (Å²) in [6, 6.07) is 24.6. The molecule has 0 radical (unpaired) electrons. The van der Waals surface area contributed by atoms with E-state index in [0.29, 0.717) is 5.92 Å². The van der Waals surface area contributed by atoms with Gasteiger partial charge in [-0.15, -0.1) is 0 Å². The van der Waals surface area contributed by atoms with Gasteiger partial charge in [-0.25, -0.2) is 0 Å². The highest BCUT2D eigenvalue weighted by atomic mass is 16.1. The average Bonchev–Trinajstić information content (AvgIpc) is 2.69. The molecular weight excluding hydrogens is 306 g/mol. The lowest BCUT2D eigenvalue weighted by Crippen LogP contribution is -2.33. The lowest BCUT2D eigenvalue weighted by Gasteiger charge is -2.30. The fourth-order valence-corrected chi connectivity index (χ4v) is 4.00. The van der Waals surface area contributed by atoms with E-state index in [4.69, 9.17) is 0 Å². The van der Waals surface area contributed by atoms with Crippen LogP contribution in [0.25, 0.3) is 10.8 Å². The van der Waals surface area contributed by atoms with Gasteiger partial charge in [0.15, 0.2) is 5.78 Å². The van der Waals surface area contributed by atoms with Gasteiger partial charge < -0.3 is 5.32 Å². The number of benzene rings is 3. The summed E-state index contributed by atoms with van der Waals surface area (Å²) >= 11 is 0. The molecule has 0 aliphatic carbocycles. The Labute approximate surface area is 148 Å². The highest BCUT2D eigenvalue weighted by molar-refractivity contribution is 6.04. The predicted octanol–water partition coefficient (Wildman–Crippen LogP) is 4.81. The molecule has 2 nitrogen and oxygen atoms in total. The summed E-state index contributed by atoms with van der Waals surface area (Å²) in [5, 5.41) is 5.72. The Kier molecular flexibility index (Phi) is 4.62. The Morgan fingerprint density at radius 3 is 2.28 bits per heavy atom. The molecule has 1 unspecified atom stereocenters. The zero-order chi connectivity index (χ0) is 17.1. The Morgan fingerprint density at radius 1 is 0.840 bits per heavy atom. The molecular formula is C23H23NO. The number of piperidine rings is 1. The van der Waals surface area contributed by atoms with Crippen molar-refractivity contribution in [2.45, 2.75) is 18.8 Å². The second-order valence-electron chi connectivity index (χ2n) is 6.90. The maximum Gasteiger partial charge on any atom is 0.170 e. The third-order valence-electron chi connectivity index (χ3n) is 5.33. The predicted molar refractivity (Wildman–Crippen MR) is 103 cm³/mol. The van der Waals surface area contributed by atoms with Crippen LogP contribution in [0.3, 0.4) is 0 Å². The van der Waals surface area contributed by atoms with Crippen LogP contribution < -0.4 is 5.32 Å². The lowest BCUT2D eigenvalue weighted by atomic mass is 9.76. The zero-order valence-corrected chi connectivity index (χ0v) is 14.3. The smallest absolute Gasteiger partial charge is 0.170 e. The van der Waals surface area contributed by atoms with Crippen molar-refractivity contribution in [2.24, 2.45) is 5.92 Å². The van der Waals surface area contributed by atoms with Crippen LogP contribution in [0.15, 0.2) is 72.8 Å². The van der Waals surface area contributed by atoms with Gasteiger partial charge in [0.05, 0.1) is 5.92 Å². The van der Waals surface area contributed by atoms with Crippen molar-refractivity contribution in [2.75, 3.05) is 13.1 Å². The first-order valence-electron chi connectivity index (χ1n) is 9.11. The van der Waals surface area contributed by atoms with E-state index in [2.05, 4.69) is 41.7 Å². The molecule has 0 spiro atoms. The fraction of sp³-hybridized carbons (Fsp3) is 0.261. The van der Waals surface area contributed by atoms with Crippen LogP contribution >= 0.6 is 0 Å². The minimum atomic E-state index is -0.0514. The molecule has 1 aliphatic rings. The number of carbonyl (C=O) groups is 1. The number of nitrogens with one attached hydrogen (secondary N) is 1. The maximum atomic E-state index is 13.5. The van der Waals surface area contributed by atoms with E-state index in [1.807, 2.05) is 36.4 Å². The van der Waals surface area contributed by atoms with Crippen LogP contribution in [0.5, 0.6) is 0 Å². The molecule has 25 heavy (non-hydrogen) atoms. The number of rotatable bonds is 4. The van der Waals surface area contributed by atoms with Gasteiger partial charge in [0.2, 0.25) is 0 Å². The number of carbonyl (C=O) groups excluding carboxylic acids is 1. The summed E-state index contributed by atoms with van der Waals surface area (Å²) in [5.41, 5.74) is 1.97. The molecule has 1 atom stereocenters. The zero-order valence-electron chi connectivity index (χ0n) is 14.3. The molecule has 2 heteroatoms. The summed E-state index contributed by atoms with van der Waals surface area (Å²) in [6.45, 7) is 2.00. The van der Waals surface area contributed by atoms with Crippen LogP contribution in [0.4, 0.5) is 0 Å². The lowest BCUT2D eigenvalue weighted by molar-refractivity contribution is 0.0916. The molecule has 3 aromatic carbocycles. The molecule has 1 N–H and O–H groups in total. The summed E-state index contributed by atoms with van der Waals surface area (Å²) in [7, 11) is 0. The maximum absolute atomic E-state index is 13.5. The average molecular weight is 329 g/mol. The molecule has 3 aromatic rings. The summed E-state index contributed by atoms with van der Waals surface area (Å²) in [6.07, 6.45) is 2.11. The first-order chi connectivity index (χ1) is 12.3. The van der Waals surface area contributed by atoms with E-state index < -0.39 is 0 Å². The van der Waals surface area contributed by atoms with Crippen LogP contribution in [0, 0.1) is 5.92 Å². The topological polar surface area (TPSA) is 29.1 Å². The van der Waals surface area contributed by atoms with Gasteiger partial charge in [0.1, 0.15) is 0 Å². The van der Waals surface area contributed by atoms with Crippen molar-refractivity contribution in [1.29, 1.82) is 0 Å². The van der Waals surface area contributed by atoms with Gasteiger partial charge in [-0.1, -0.05) is 66.7 Å². The molecule has 0 saturated carbocycles. The number of fused-ring (bicyclic) bond motifs is 1. The number of Topliss-reactive ketones (excluding diaryl/α,β-unsaturated/α-hetero) is 1. The summed E-state index contributed by atoms with van der Waals surface area (Å²) in [4.78, 5) is 13.5. The second-order valence-corrected chi connectivity index (χ2v) is 6.90. The molecule has 1 saturated heterocycles. The number of hydrogen-bond donors (Lipinski definition) is 1. The van der Waals surface area contributed by atoms with Gasteiger partial charge in [-0.2, -0.15) is 0 Å². The van der Waals surface area contributed by atoms with Crippen molar-refractivity contribution in [1.82, 2.24) is 5.32 Å². The van der Waals surface area contributed by atoms with Crippen molar-refractivity contribution < 1.29 is 4.79 Å². The van der Waals surface area contributed by atoms with E-state index in [1.54, 1.807) is 0 Å². The Hall–Kier alpha value is -2.45. The van der Waals surface area contributed by atoms with Crippen LogP contribution in [0.1, 0.15) is 34.7 Å². The molecule has 126 valence electrons. The normalized spacial score (nSPS) is 16.6. The molecule has 1 heterocycles. The van der Waals surface area contributed by atoms with E-state index in [-0.39, 0.29) is 11.7 Å². The molecule has 1 fully saturated rings. The highest BCUT2D eigenvalue weighted by Crippen LogP contribution is 2.34. The summed E-state index contributed by atoms with van der Waals surface area (Å²) < 4.78 is 0. The second kappa shape index (κ2) is 7.20. The first kappa shape index (κ1) is 16.0. The third kappa shape index (κ3) is 3.35. The Morgan fingerprint density at radius 2 is 1.52 bits per heavy atom. The fourth-order valence-electron chi connectivity index (χ4n) is 4.00. The standard InChI is InChI=1S/C23H23NO/c25-23(21-11-10-17-6-4-5-9-20(17)16-21)22(18-7-2-1-3-8-18)19-12-14-24-15-13-19/h1-11,16,19,22,24H,12-15H2. The largest absolute Gasteiger partial charge is 0.317 e. The molecule has 1 aliphatic heterocycles. The van der Waals surface area contributed by atoms with E-state index in [9.17, 15) is 4.79 Å². The SMILES string of the molecule is O=C(c1ccc2ccccc2c1)C(c1ccccc1)C1CCNCC1. The third-order valence-corrected chi connectivity index (χ3v) is 5.33. The number of ketones is 1. The van der Waals surface area contributed by atoms with Crippen molar-refractivity contribution in [3.05, 3.63) is 83.9 Å². The van der Waals surface area contributed by atoms with Crippen molar-refractivity contribution in [3.8, 4) is 0 Å². The van der Waals surface area contributed by atoms with E-state index >= 15 is 0 Å². The molecule has 0 amide bonds. The van der Waals surface area contributed by atoms with Gasteiger partial charge in [-0.05, 0) is 54.3 Å². The van der Waals surface area contributed by atoms with Gasteiger partial charge >= 0.3 is 0 Å². The molecule has 0 bridgehead atoms. The van der Waals surface area contributed by atoms with Gasteiger partial charge in [0, 0.05) is 5.56 Å². The van der Waals surface area contributed by atoms with E-state index in [1.165, 1.54) is 5.39 Å². The van der Waals surface area contributed by atoms with Gasteiger partial charge in [0.25, 0.3) is 0 Å². The quantitative estimate of drug-likeness (QED) is 0.696. The van der Waals surface area contributed by atoms with Crippen molar-refractivity contribution in [3.63, 3.8) is 0 Å². The van der Waals surface area contributed by atoms with Gasteiger partial charge in [-0.3, -0.25) is 4.79 Å². The van der Waals surface area contributed by atoms with E-state index in [0.717, 1.165) is 42.4 Å². The van der Waals surface area contributed by atoms with Crippen molar-refractivity contribution >= 4 is 16.6 Å². The minimum absolute atomic E-state index is 0.0514. The molecule has 4 rings (SSSR count). The van der Waals surface area contributed by atoms with Crippen LogP contribution in [0.2, 0.25) is 0 Å². The molecule has 0 aromatic heterocycles. The Bertz CT molecular complexity index is 865. The first-order valence-corrected chi connectivity index (χ1v) is 9.11.